The molecule has 2 aromatic carbocycles. The second-order valence-corrected chi connectivity index (χ2v) is 9.89. The van der Waals surface area contributed by atoms with Crippen LogP contribution >= 0.6 is 11.3 Å². The molecule has 1 N–H and O–H groups in total. The summed E-state index contributed by atoms with van der Waals surface area (Å²) in [6, 6.07) is 15.7. The number of carbonyl (C=O) groups is 1. The number of thiophene rings is 1. The first-order chi connectivity index (χ1) is 14.5. The van der Waals surface area contributed by atoms with Crippen LogP contribution in [0.15, 0.2) is 64.9 Å². The van der Waals surface area contributed by atoms with E-state index in [2.05, 4.69) is 5.32 Å². The molecule has 30 heavy (non-hydrogen) atoms. The van der Waals surface area contributed by atoms with Gasteiger partial charge in [-0.2, -0.15) is 4.31 Å². The number of hydrogen-bond acceptors (Lipinski definition) is 4. The quantitative estimate of drug-likeness (QED) is 0.632. The molecule has 3 aromatic rings. The Bertz CT molecular complexity index is 1170. The van der Waals surface area contributed by atoms with E-state index in [-0.39, 0.29) is 22.1 Å². The Hall–Kier alpha value is -2.55. The third kappa shape index (κ3) is 4.16. The molecule has 0 saturated heterocycles. The third-order valence-electron chi connectivity index (χ3n) is 5.19. The zero-order chi connectivity index (χ0) is 21.1. The van der Waals surface area contributed by atoms with Crippen LogP contribution in [0.1, 0.15) is 26.4 Å². The Kier molecular flexibility index (Phi) is 5.99. The zero-order valence-electron chi connectivity index (χ0n) is 16.2. The van der Waals surface area contributed by atoms with Gasteiger partial charge in [0.2, 0.25) is 10.0 Å². The molecule has 0 bridgehead atoms. The van der Waals surface area contributed by atoms with E-state index in [1.165, 1.54) is 16.4 Å². The lowest BCUT2D eigenvalue weighted by Crippen LogP contribution is -2.37. The minimum Gasteiger partial charge on any atom is -0.351 e. The van der Waals surface area contributed by atoms with Crippen LogP contribution in [0.3, 0.4) is 0 Å². The summed E-state index contributed by atoms with van der Waals surface area (Å²) in [7, 11) is -3.80. The molecule has 8 heteroatoms. The van der Waals surface area contributed by atoms with Crippen LogP contribution < -0.4 is 5.32 Å². The summed E-state index contributed by atoms with van der Waals surface area (Å²) < 4.78 is 41.6. The molecule has 0 unspecified atom stereocenters. The van der Waals surface area contributed by atoms with Gasteiger partial charge in [0.15, 0.2) is 0 Å². The van der Waals surface area contributed by atoms with E-state index in [4.69, 9.17) is 0 Å². The normalized spacial score (nSPS) is 14.3. The molecule has 156 valence electrons. The molecule has 1 aromatic heterocycles. The highest BCUT2D eigenvalue weighted by molar-refractivity contribution is 7.89. The van der Waals surface area contributed by atoms with E-state index >= 15 is 0 Å². The van der Waals surface area contributed by atoms with Gasteiger partial charge >= 0.3 is 0 Å². The minimum absolute atomic E-state index is 0.0234. The number of benzene rings is 2. The molecular weight excluding hydrogens is 423 g/mol. The second kappa shape index (κ2) is 8.67. The van der Waals surface area contributed by atoms with Gasteiger partial charge in [-0.3, -0.25) is 4.79 Å². The first kappa shape index (κ1) is 20.7. The van der Waals surface area contributed by atoms with E-state index in [1.807, 2.05) is 24.3 Å². The lowest BCUT2D eigenvalue weighted by atomic mass is 10.0. The maximum Gasteiger partial charge on any atom is 0.262 e. The smallest absolute Gasteiger partial charge is 0.262 e. The van der Waals surface area contributed by atoms with Crippen LogP contribution in [0, 0.1) is 5.82 Å². The van der Waals surface area contributed by atoms with Crippen LogP contribution in [0.2, 0.25) is 0 Å². The van der Waals surface area contributed by atoms with Gasteiger partial charge in [0.1, 0.15) is 15.6 Å². The number of carbonyl (C=O) groups excluding carboxylic acids is 1. The fourth-order valence-electron chi connectivity index (χ4n) is 3.57. The Morgan fingerprint density at radius 1 is 1.07 bits per heavy atom. The molecule has 5 nitrogen and oxygen atoms in total. The highest BCUT2D eigenvalue weighted by Crippen LogP contribution is 2.29. The van der Waals surface area contributed by atoms with Crippen molar-refractivity contribution in [2.45, 2.75) is 24.3 Å². The van der Waals surface area contributed by atoms with Gasteiger partial charge in [0.05, 0.1) is 0 Å². The van der Waals surface area contributed by atoms with Gasteiger partial charge in [-0.25, -0.2) is 12.8 Å². The second-order valence-electron chi connectivity index (χ2n) is 7.07. The average molecular weight is 445 g/mol. The molecule has 4 rings (SSSR count). The van der Waals surface area contributed by atoms with Gasteiger partial charge in [0.25, 0.3) is 5.91 Å². The number of sulfonamides is 1. The van der Waals surface area contributed by atoms with E-state index in [0.717, 1.165) is 22.5 Å². The predicted octanol–water partition coefficient (Wildman–Crippen LogP) is 3.61. The van der Waals surface area contributed by atoms with E-state index in [9.17, 15) is 17.6 Å². The van der Waals surface area contributed by atoms with Crippen LogP contribution in [0.4, 0.5) is 4.39 Å². The molecule has 0 spiro atoms. The molecule has 2 heterocycles. The monoisotopic (exact) mass is 444 g/mol. The van der Waals surface area contributed by atoms with Crippen molar-refractivity contribution in [3.05, 3.63) is 87.4 Å². The summed E-state index contributed by atoms with van der Waals surface area (Å²) in [5.74, 6) is -0.783. The zero-order valence-corrected chi connectivity index (χ0v) is 17.8. The number of fused-ring (bicyclic) bond motifs is 1. The number of nitrogens with one attached hydrogen (secondary N) is 1. The highest BCUT2D eigenvalue weighted by atomic mass is 32.2. The summed E-state index contributed by atoms with van der Waals surface area (Å²) in [6.45, 7) is 0.889. The molecule has 0 radical (unpaired) electrons. The Morgan fingerprint density at radius 2 is 1.80 bits per heavy atom. The van der Waals surface area contributed by atoms with E-state index in [1.54, 1.807) is 23.6 Å². The molecule has 0 fully saturated rings. The Balaban J connectivity index is 1.47. The number of halogens is 1. The van der Waals surface area contributed by atoms with Gasteiger partial charge in [-0.05, 0) is 47.0 Å². The largest absolute Gasteiger partial charge is 0.351 e. The highest BCUT2D eigenvalue weighted by Gasteiger charge is 2.32. The number of amides is 1. The van der Waals surface area contributed by atoms with Crippen molar-refractivity contribution in [3.63, 3.8) is 0 Å². The Labute approximate surface area is 179 Å². The van der Waals surface area contributed by atoms with Crippen LogP contribution in [0.25, 0.3) is 0 Å². The number of hydrogen-bond donors (Lipinski definition) is 1. The summed E-state index contributed by atoms with van der Waals surface area (Å²) in [5.41, 5.74) is 2.64. The molecule has 0 atom stereocenters. The molecule has 0 saturated carbocycles. The fraction of sp³-hybridized carbons (Fsp3) is 0.227. The summed E-state index contributed by atoms with van der Waals surface area (Å²) >= 11 is 1.09. The van der Waals surface area contributed by atoms with Crippen LogP contribution in [0.5, 0.6) is 0 Å². The van der Waals surface area contributed by atoms with Crippen molar-refractivity contribution in [1.29, 1.82) is 0 Å². The first-order valence-electron chi connectivity index (χ1n) is 9.63. The minimum atomic E-state index is -3.80. The summed E-state index contributed by atoms with van der Waals surface area (Å²) in [4.78, 5) is 12.8. The van der Waals surface area contributed by atoms with Crippen molar-refractivity contribution < 1.29 is 17.6 Å². The number of nitrogens with zero attached hydrogens (tertiary/aromatic N) is 1. The summed E-state index contributed by atoms with van der Waals surface area (Å²) in [5, 5.41) is 4.32. The van der Waals surface area contributed by atoms with Gasteiger partial charge < -0.3 is 5.32 Å². The van der Waals surface area contributed by atoms with Gasteiger partial charge in [-0.15, -0.1) is 11.3 Å². The van der Waals surface area contributed by atoms with Crippen molar-refractivity contribution in [2.24, 2.45) is 0 Å². The lowest BCUT2D eigenvalue weighted by Gasteiger charge is -2.28. The first-order valence-corrected chi connectivity index (χ1v) is 11.9. The van der Waals surface area contributed by atoms with Crippen molar-refractivity contribution in [1.82, 2.24) is 9.62 Å². The maximum atomic E-state index is 13.7. The van der Waals surface area contributed by atoms with Crippen molar-refractivity contribution in [3.8, 4) is 0 Å². The standard InChI is InChI=1S/C22H21FN2O3S2/c23-19-8-4-3-6-17(19)9-12-24-22(26)21-20(11-14-29-21)30(27,28)25-13-10-16-5-1-2-7-18(16)15-25/h1-8,11,14H,9-10,12-13,15H2,(H,24,26). The topological polar surface area (TPSA) is 66.5 Å². The maximum absolute atomic E-state index is 13.7. The molecule has 0 aliphatic carbocycles. The fourth-order valence-corrected chi connectivity index (χ4v) is 6.31. The van der Waals surface area contributed by atoms with E-state index < -0.39 is 15.9 Å². The Morgan fingerprint density at radius 3 is 2.60 bits per heavy atom. The van der Waals surface area contributed by atoms with Crippen molar-refractivity contribution >= 4 is 27.3 Å². The average Bonchev–Trinajstić information content (AvgIpc) is 3.26. The lowest BCUT2D eigenvalue weighted by molar-refractivity contribution is 0.0955. The molecule has 1 amide bonds. The molecular formula is C22H21FN2O3S2. The predicted molar refractivity (Wildman–Crippen MR) is 114 cm³/mol. The third-order valence-corrected chi connectivity index (χ3v) is 8.12. The molecule has 1 aliphatic heterocycles. The van der Waals surface area contributed by atoms with Gasteiger partial charge in [-0.1, -0.05) is 42.5 Å². The van der Waals surface area contributed by atoms with Crippen LogP contribution in [-0.2, 0) is 29.4 Å². The van der Waals surface area contributed by atoms with Crippen molar-refractivity contribution in [2.75, 3.05) is 13.1 Å². The van der Waals surface area contributed by atoms with Crippen LogP contribution in [-0.4, -0.2) is 31.7 Å². The summed E-state index contributed by atoms with van der Waals surface area (Å²) in [6.07, 6.45) is 0.971. The van der Waals surface area contributed by atoms with Gasteiger partial charge in [0, 0.05) is 19.6 Å². The SMILES string of the molecule is O=C(NCCc1ccccc1F)c1sccc1S(=O)(=O)N1CCc2ccccc2C1. The van der Waals surface area contributed by atoms with E-state index in [0.29, 0.717) is 31.5 Å². The number of rotatable bonds is 6. The molecule has 1 aliphatic rings.